The predicted molar refractivity (Wildman–Crippen MR) is 61.5 cm³/mol. The van der Waals surface area contributed by atoms with E-state index in [1.165, 1.54) is 13.2 Å². The third-order valence-corrected chi connectivity index (χ3v) is 1.67. The number of rotatable bonds is 2. The number of phenolic OH excluding ortho intramolecular Hbond substituents is 1. The molecule has 0 aliphatic carbocycles. The molecule has 0 aliphatic rings. The first-order valence-electron chi connectivity index (χ1n) is 4.70. The number of methoxy groups -OCH3 is 1. The number of nitrogens with two attached hydrogens (primary N) is 1. The maximum Gasteiger partial charge on any atom is 0.309 e. The minimum Gasteiger partial charge on any atom is -0.506 e. The lowest BCUT2D eigenvalue weighted by molar-refractivity contribution is -0.139. The van der Waals surface area contributed by atoms with E-state index in [-0.39, 0.29) is 18.1 Å². The van der Waals surface area contributed by atoms with E-state index in [0.29, 0.717) is 11.3 Å². The molecule has 0 aliphatic heterocycles. The molecule has 0 atom stereocenters. The van der Waals surface area contributed by atoms with Crippen molar-refractivity contribution in [1.29, 1.82) is 0 Å². The van der Waals surface area contributed by atoms with Gasteiger partial charge in [0.1, 0.15) is 5.75 Å². The first kappa shape index (κ1) is 14.8. The van der Waals surface area contributed by atoms with Gasteiger partial charge in [-0.2, -0.15) is 0 Å². The van der Waals surface area contributed by atoms with Crippen molar-refractivity contribution in [2.45, 2.75) is 13.3 Å². The molecule has 0 radical (unpaired) electrons. The number of carboxylic acid groups (broad SMARTS) is 1. The zero-order chi connectivity index (χ0) is 13.4. The Morgan fingerprint density at radius 1 is 1.41 bits per heavy atom. The van der Waals surface area contributed by atoms with Crippen LogP contribution in [0.4, 0.5) is 5.69 Å². The minimum atomic E-state index is -0.833. The van der Waals surface area contributed by atoms with Gasteiger partial charge in [0.25, 0.3) is 5.97 Å². The van der Waals surface area contributed by atoms with Gasteiger partial charge >= 0.3 is 5.97 Å². The molecule has 94 valence electrons. The number of hydrogen-bond donors (Lipinski definition) is 3. The van der Waals surface area contributed by atoms with Gasteiger partial charge in [-0.05, 0) is 17.7 Å². The van der Waals surface area contributed by atoms with Gasteiger partial charge in [-0.1, -0.05) is 6.07 Å². The van der Waals surface area contributed by atoms with Crippen LogP contribution >= 0.6 is 0 Å². The summed E-state index contributed by atoms with van der Waals surface area (Å²) in [6, 6.07) is 4.67. The Morgan fingerprint density at radius 3 is 2.35 bits per heavy atom. The quantitative estimate of drug-likeness (QED) is 0.401. The van der Waals surface area contributed by atoms with Crippen LogP contribution < -0.4 is 5.73 Å². The molecule has 0 saturated heterocycles. The van der Waals surface area contributed by atoms with E-state index in [1.54, 1.807) is 12.1 Å². The lowest BCUT2D eigenvalue weighted by atomic mass is 10.1. The first-order chi connectivity index (χ1) is 7.86. The lowest BCUT2D eigenvalue weighted by Gasteiger charge is -2.02. The number of phenols is 1. The second-order valence-corrected chi connectivity index (χ2v) is 3.17. The SMILES string of the molecule is CC(=O)O.COC(=O)Cc1ccc(N)c(O)c1. The Labute approximate surface area is 98.6 Å². The number of carboxylic acids is 1. The van der Waals surface area contributed by atoms with Crippen molar-refractivity contribution in [3.8, 4) is 5.75 Å². The van der Waals surface area contributed by atoms with Crippen molar-refractivity contribution in [3.63, 3.8) is 0 Å². The summed E-state index contributed by atoms with van der Waals surface area (Å²) in [7, 11) is 1.32. The lowest BCUT2D eigenvalue weighted by Crippen LogP contribution is -2.04. The molecule has 1 rings (SSSR count). The molecule has 0 heterocycles. The molecule has 1 aromatic rings. The van der Waals surface area contributed by atoms with Crippen molar-refractivity contribution < 1.29 is 24.5 Å². The van der Waals surface area contributed by atoms with Gasteiger partial charge in [0.15, 0.2) is 0 Å². The normalized spacial score (nSPS) is 8.82. The second kappa shape index (κ2) is 7.10. The highest BCUT2D eigenvalue weighted by Gasteiger charge is 2.04. The third kappa shape index (κ3) is 6.77. The molecule has 0 unspecified atom stereocenters. The summed E-state index contributed by atoms with van der Waals surface area (Å²) in [6.45, 7) is 1.08. The number of anilines is 1. The van der Waals surface area contributed by atoms with E-state index in [0.717, 1.165) is 6.92 Å². The third-order valence-electron chi connectivity index (χ3n) is 1.67. The van der Waals surface area contributed by atoms with Gasteiger partial charge in [0.05, 0.1) is 19.2 Å². The molecule has 0 spiro atoms. The molecule has 0 bridgehead atoms. The van der Waals surface area contributed by atoms with Crippen LogP contribution in [-0.4, -0.2) is 29.3 Å². The van der Waals surface area contributed by atoms with Gasteiger partial charge in [-0.3, -0.25) is 9.59 Å². The van der Waals surface area contributed by atoms with Crippen LogP contribution in [0.1, 0.15) is 12.5 Å². The number of aromatic hydroxyl groups is 1. The largest absolute Gasteiger partial charge is 0.506 e. The van der Waals surface area contributed by atoms with Crippen molar-refractivity contribution >= 4 is 17.6 Å². The second-order valence-electron chi connectivity index (χ2n) is 3.17. The summed E-state index contributed by atoms with van der Waals surface area (Å²) in [5.41, 5.74) is 6.36. The summed E-state index contributed by atoms with van der Waals surface area (Å²) in [4.78, 5) is 19.8. The summed E-state index contributed by atoms with van der Waals surface area (Å²) in [5.74, 6) is -1.19. The summed E-state index contributed by atoms with van der Waals surface area (Å²) < 4.78 is 4.47. The molecule has 6 nitrogen and oxygen atoms in total. The minimum absolute atomic E-state index is 0.0126. The number of ether oxygens (including phenoxy) is 1. The smallest absolute Gasteiger partial charge is 0.309 e. The fourth-order valence-corrected chi connectivity index (χ4v) is 0.938. The molecule has 0 amide bonds. The van der Waals surface area contributed by atoms with Crippen molar-refractivity contribution in [1.82, 2.24) is 0 Å². The van der Waals surface area contributed by atoms with Crippen LogP contribution in [0.2, 0.25) is 0 Å². The van der Waals surface area contributed by atoms with Crippen LogP contribution in [-0.2, 0) is 20.7 Å². The molecular weight excluding hydrogens is 226 g/mol. The number of nitrogen functional groups attached to an aromatic ring is 1. The zero-order valence-electron chi connectivity index (χ0n) is 9.64. The van der Waals surface area contributed by atoms with E-state index < -0.39 is 5.97 Å². The van der Waals surface area contributed by atoms with Gasteiger partial charge in [0, 0.05) is 6.92 Å². The fraction of sp³-hybridized carbons (Fsp3) is 0.273. The highest BCUT2D eigenvalue weighted by Crippen LogP contribution is 2.20. The number of aliphatic carboxylic acids is 1. The van der Waals surface area contributed by atoms with Crippen LogP contribution in [0.5, 0.6) is 5.75 Å². The van der Waals surface area contributed by atoms with Crippen LogP contribution in [0, 0.1) is 0 Å². The Kier molecular flexibility index (Phi) is 6.17. The van der Waals surface area contributed by atoms with Gasteiger partial charge < -0.3 is 20.7 Å². The summed E-state index contributed by atoms with van der Waals surface area (Å²) >= 11 is 0. The molecule has 0 saturated carbocycles. The van der Waals surface area contributed by atoms with Crippen LogP contribution in [0.25, 0.3) is 0 Å². The number of hydrogen-bond acceptors (Lipinski definition) is 5. The summed E-state index contributed by atoms with van der Waals surface area (Å²) in [5, 5.41) is 16.6. The molecule has 1 aromatic carbocycles. The van der Waals surface area contributed by atoms with E-state index in [1.807, 2.05) is 0 Å². The standard InChI is InChI=1S/C9H11NO3.C2H4O2/c1-13-9(12)5-6-2-3-7(10)8(11)4-6;1-2(3)4/h2-4,11H,5,10H2,1H3;1H3,(H,3,4). The molecule has 17 heavy (non-hydrogen) atoms. The Bertz CT molecular complexity index is 399. The van der Waals surface area contributed by atoms with Crippen molar-refractivity contribution in [2.24, 2.45) is 0 Å². The molecule has 0 aromatic heterocycles. The maximum absolute atomic E-state index is 10.8. The topological polar surface area (TPSA) is 110 Å². The predicted octanol–water partition coefficient (Wildman–Crippen LogP) is 0.781. The van der Waals surface area contributed by atoms with E-state index in [2.05, 4.69) is 4.74 Å². The highest BCUT2D eigenvalue weighted by molar-refractivity contribution is 5.73. The fourth-order valence-electron chi connectivity index (χ4n) is 0.938. The first-order valence-corrected chi connectivity index (χ1v) is 4.70. The van der Waals surface area contributed by atoms with E-state index in [4.69, 9.17) is 15.6 Å². The van der Waals surface area contributed by atoms with E-state index in [9.17, 15) is 9.90 Å². The Balaban J connectivity index is 0.000000557. The number of carbonyl (C=O) groups is 2. The average Bonchev–Trinajstić information content (AvgIpc) is 2.22. The van der Waals surface area contributed by atoms with Crippen molar-refractivity contribution in [2.75, 3.05) is 12.8 Å². The Hall–Kier alpha value is -2.24. The zero-order valence-corrected chi connectivity index (χ0v) is 9.64. The summed E-state index contributed by atoms with van der Waals surface area (Å²) in [6.07, 6.45) is 0.143. The maximum atomic E-state index is 10.8. The number of esters is 1. The van der Waals surface area contributed by atoms with Gasteiger partial charge in [0.2, 0.25) is 0 Å². The monoisotopic (exact) mass is 241 g/mol. The molecule has 6 heteroatoms. The molecule has 0 fully saturated rings. The van der Waals surface area contributed by atoms with E-state index >= 15 is 0 Å². The Morgan fingerprint density at radius 2 is 1.94 bits per heavy atom. The highest BCUT2D eigenvalue weighted by atomic mass is 16.5. The van der Waals surface area contributed by atoms with Crippen molar-refractivity contribution in [3.05, 3.63) is 23.8 Å². The van der Waals surface area contributed by atoms with Gasteiger partial charge in [-0.25, -0.2) is 0 Å². The average molecular weight is 241 g/mol. The number of benzene rings is 1. The van der Waals surface area contributed by atoms with Crippen LogP contribution in [0.15, 0.2) is 18.2 Å². The van der Waals surface area contributed by atoms with Crippen LogP contribution in [0.3, 0.4) is 0 Å². The molecular formula is C11H15NO5. The molecule has 4 N–H and O–H groups in total. The van der Waals surface area contributed by atoms with Gasteiger partial charge in [-0.15, -0.1) is 0 Å². The number of carbonyl (C=O) groups excluding carboxylic acids is 1.